The first-order valence-electron chi connectivity index (χ1n) is 11.1. The van der Waals surface area contributed by atoms with E-state index in [9.17, 15) is 10.1 Å². The van der Waals surface area contributed by atoms with Crippen molar-refractivity contribution < 1.29 is 14.3 Å². The highest BCUT2D eigenvalue weighted by Gasteiger charge is 2.11. The van der Waals surface area contributed by atoms with Crippen molar-refractivity contribution in [1.29, 1.82) is 5.26 Å². The number of carbonyl (C=O) groups is 1. The molecule has 0 aliphatic carbocycles. The quantitative estimate of drug-likeness (QED) is 0.140. The van der Waals surface area contributed by atoms with Gasteiger partial charge in [-0.05, 0) is 100.0 Å². The number of halogens is 1. The zero-order valence-electron chi connectivity index (χ0n) is 19.1. The zero-order chi connectivity index (χ0) is 24.6. The maximum atomic E-state index is 12.6. The molecule has 1 N–H and O–H groups in total. The Bertz CT molecular complexity index is 1420. The highest BCUT2D eigenvalue weighted by molar-refractivity contribution is 14.1. The van der Waals surface area contributed by atoms with Gasteiger partial charge < -0.3 is 14.8 Å². The first-order valence-corrected chi connectivity index (χ1v) is 12.2. The van der Waals surface area contributed by atoms with Gasteiger partial charge in [-0.25, -0.2) is 0 Å². The Morgan fingerprint density at radius 3 is 2.46 bits per heavy atom. The fraction of sp³-hybridized carbons (Fsp3) is 0.103. The number of hydrogen-bond donors (Lipinski definition) is 1. The number of anilines is 1. The summed E-state index contributed by atoms with van der Waals surface area (Å²) in [6.07, 6.45) is 1.57. The minimum Gasteiger partial charge on any atom is -0.494 e. The number of hydrogen-bond acceptors (Lipinski definition) is 4. The maximum Gasteiger partial charge on any atom is 0.266 e. The lowest BCUT2D eigenvalue weighted by Gasteiger charge is -2.10. The number of amides is 1. The van der Waals surface area contributed by atoms with Crippen LogP contribution in [-0.2, 0) is 11.4 Å². The number of nitrogens with one attached hydrogen (secondary N) is 1. The van der Waals surface area contributed by atoms with E-state index in [4.69, 9.17) is 9.47 Å². The molecule has 0 aromatic heterocycles. The van der Waals surface area contributed by atoms with Crippen LogP contribution in [0.2, 0.25) is 0 Å². The van der Waals surface area contributed by atoms with Gasteiger partial charge >= 0.3 is 0 Å². The maximum absolute atomic E-state index is 12.6. The van der Waals surface area contributed by atoms with Crippen LogP contribution in [0.4, 0.5) is 5.69 Å². The molecular weight excluding hydrogens is 551 g/mol. The van der Waals surface area contributed by atoms with Crippen LogP contribution in [0.15, 0.2) is 90.5 Å². The van der Waals surface area contributed by atoms with Gasteiger partial charge in [0.2, 0.25) is 0 Å². The fourth-order valence-corrected chi connectivity index (χ4v) is 4.22. The molecule has 0 radical (unpaired) electrons. The summed E-state index contributed by atoms with van der Waals surface area (Å²) in [5.41, 5.74) is 2.43. The first-order chi connectivity index (χ1) is 17.1. The van der Waals surface area contributed by atoms with Crippen LogP contribution in [0.3, 0.4) is 0 Å². The molecule has 1 amide bonds. The van der Waals surface area contributed by atoms with Gasteiger partial charge in [-0.3, -0.25) is 4.79 Å². The third kappa shape index (κ3) is 6.40. The number of rotatable bonds is 8. The SMILES string of the molecule is CCOc1ccc(NC(=O)/C(C#N)=C\c2ccc(OCc3ccc4ccccc4c3)c(I)c2)cc1. The lowest BCUT2D eigenvalue weighted by atomic mass is 10.1. The molecule has 0 heterocycles. The Labute approximate surface area is 218 Å². The molecule has 0 fully saturated rings. The van der Waals surface area contributed by atoms with E-state index in [1.54, 1.807) is 30.3 Å². The van der Waals surface area contributed by atoms with Crippen LogP contribution in [0, 0.1) is 14.9 Å². The molecule has 4 aromatic carbocycles. The Kier molecular flexibility index (Phi) is 8.01. The van der Waals surface area contributed by atoms with E-state index in [0.29, 0.717) is 18.9 Å². The predicted molar refractivity (Wildman–Crippen MR) is 147 cm³/mol. The number of nitrogens with zero attached hydrogens (tertiary/aromatic N) is 1. The summed E-state index contributed by atoms with van der Waals surface area (Å²) in [6.45, 7) is 2.92. The monoisotopic (exact) mass is 574 g/mol. The lowest BCUT2D eigenvalue weighted by Crippen LogP contribution is -2.13. The lowest BCUT2D eigenvalue weighted by molar-refractivity contribution is -0.112. The van der Waals surface area contributed by atoms with Crippen molar-refractivity contribution in [1.82, 2.24) is 0 Å². The Morgan fingerprint density at radius 2 is 1.74 bits per heavy atom. The summed E-state index contributed by atoms with van der Waals surface area (Å²) >= 11 is 2.20. The second-order valence-corrected chi connectivity index (χ2v) is 8.90. The van der Waals surface area contributed by atoms with Crippen molar-refractivity contribution in [3.8, 4) is 17.6 Å². The van der Waals surface area contributed by atoms with E-state index in [2.05, 4.69) is 58.2 Å². The standard InChI is InChI=1S/C29H23IN2O3/c1-2-34-26-12-10-25(11-13-26)32-29(33)24(18-31)15-20-8-14-28(27(30)17-20)35-19-21-7-9-22-5-3-4-6-23(22)16-21/h3-17H,2,19H2,1H3,(H,32,33)/b24-15-. The zero-order valence-corrected chi connectivity index (χ0v) is 21.3. The van der Waals surface area contributed by atoms with Crippen molar-refractivity contribution in [3.05, 3.63) is 105 Å². The van der Waals surface area contributed by atoms with Gasteiger partial charge in [-0.1, -0.05) is 42.5 Å². The van der Waals surface area contributed by atoms with Gasteiger partial charge in [0, 0.05) is 5.69 Å². The number of carbonyl (C=O) groups excluding carboxylic acids is 1. The molecule has 174 valence electrons. The number of benzene rings is 4. The molecule has 0 saturated carbocycles. The summed E-state index contributed by atoms with van der Waals surface area (Å²) < 4.78 is 12.3. The molecule has 0 spiro atoms. The predicted octanol–water partition coefficient (Wildman–Crippen LogP) is 6.97. The van der Waals surface area contributed by atoms with Crippen LogP contribution >= 0.6 is 22.6 Å². The van der Waals surface area contributed by atoms with Gasteiger partial charge in [0.25, 0.3) is 5.91 Å². The first kappa shape index (κ1) is 24.3. The second-order valence-electron chi connectivity index (χ2n) is 7.74. The highest BCUT2D eigenvalue weighted by Crippen LogP contribution is 2.25. The summed E-state index contributed by atoms with van der Waals surface area (Å²) in [4.78, 5) is 12.6. The van der Waals surface area contributed by atoms with Gasteiger partial charge in [0.1, 0.15) is 29.7 Å². The van der Waals surface area contributed by atoms with Crippen molar-refractivity contribution in [2.24, 2.45) is 0 Å². The summed E-state index contributed by atoms with van der Waals surface area (Å²) in [5.74, 6) is 0.996. The van der Waals surface area contributed by atoms with Crippen molar-refractivity contribution in [3.63, 3.8) is 0 Å². The van der Waals surface area contributed by atoms with E-state index in [-0.39, 0.29) is 5.57 Å². The van der Waals surface area contributed by atoms with Crippen LogP contribution in [0.25, 0.3) is 16.8 Å². The average molecular weight is 574 g/mol. The average Bonchev–Trinajstić information content (AvgIpc) is 2.88. The molecule has 0 aliphatic heterocycles. The molecule has 4 aromatic rings. The van der Waals surface area contributed by atoms with Crippen LogP contribution in [0.5, 0.6) is 11.5 Å². The number of ether oxygens (including phenoxy) is 2. The minimum absolute atomic E-state index is 0.0134. The van der Waals surface area contributed by atoms with Crippen LogP contribution in [-0.4, -0.2) is 12.5 Å². The molecule has 35 heavy (non-hydrogen) atoms. The van der Waals surface area contributed by atoms with E-state index in [1.807, 2.05) is 43.3 Å². The topological polar surface area (TPSA) is 71.3 Å². The fourth-order valence-electron chi connectivity index (χ4n) is 3.53. The summed E-state index contributed by atoms with van der Waals surface area (Å²) in [7, 11) is 0. The van der Waals surface area contributed by atoms with E-state index in [0.717, 1.165) is 26.2 Å². The molecular formula is C29H23IN2O3. The van der Waals surface area contributed by atoms with Crippen LogP contribution < -0.4 is 14.8 Å². The molecule has 0 saturated heterocycles. The molecule has 5 nitrogen and oxygen atoms in total. The third-order valence-corrected chi connectivity index (χ3v) is 6.11. The normalized spacial score (nSPS) is 11.1. The molecule has 4 rings (SSSR count). The smallest absolute Gasteiger partial charge is 0.266 e. The largest absolute Gasteiger partial charge is 0.494 e. The molecule has 0 aliphatic rings. The highest BCUT2D eigenvalue weighted by atomic mass is 127. The van der Waals surface area contributed by atoms with E-state index < -0.39 is 5.91 Å². The number of nitriles is 1. The third-order valence-electron chi connectivity index (χ3n) is 5.26. The molecule has 0 unspecified atom stereocenters. The van der Waals surface area contributed by atoms with E-state index >= 15 is 0 Å². The minimum atomic E-state index is -0.469. The summed E-state index contributed by atoms with van der Waals surface area (Å²) in [5, 5.41) is 14.7. The Morgan fingerprint density at radius 1 is 0.971 bits per heavy atom. The Hall–Kier alpha value is -3.83. The second kappa shape index (κ2) is 11.5. The molecule has 6 heteroatoms. The van der Waals surface area contributed by atoms with Gasteiger partial charge in [0.05, 0.1) is 10.2 Å². The van der Waals surface area contributed by atoms with Gasteiger partial charge in [-0.15, -0.1) is 0 Å². The summed E-state index contributed by atoms with van der Waals surface area (Å²) in [6, 6.07) is 29.1. The Balaban J connectivity index is 1.42. The van der Waals surface area contributed by atoms with Crippen molar-refractivity contribution >= 4 is 51.0 Å². The molecule has 0 atom stereocenters. The van der Waals surface area contributed by atoms with Crippen LogP contribution in [0.1, 0.15) is 18.1 Å². The van der Waals surface area contributed by atoms with Crippen molar-refractivity contribution in [2.75, 3.05) is 11.9 Å². The van der Waals surface area contributed by atoms with E-state index in [1.165, 1.54) is 10.8 Å². The van der Waals surface area contributed by atoms with Gasteiger partial charge in [0.15, 0.2) is 0 Å². The molecule has 0 bridgehead atoms. The number of fused-ring (bicyclic) bond motifs is 1. The van der Waals surface area contributed by atoms with Crippen molar-refractivity contribution in [2.45, 2.75) is 13.5 Å². The van der Waals surface area contributed by atoms with Gasteiger partial charge in [-0.2, -0.15) is 5.26 Å².